The number of aliphatic hydroxyl groups excluding tert-OH is 1. The SMILES string of the molecule is CN(CC1CCCC1O)C(=O)c1ccc2ccccc2c1O. The van der Waals surface area contributed by atoms with Crippen molar-refractivity contribution in [3.8, 4) is 5.75 Å². The van der Waals surface area contributed by atoms with Crippen LogP contribution >= 0.6 is 0 Å². The van der Waals surface area contributed by atoms with Gasteiger partial charge in [0.05, 0.1) is 11.7 Å². The predicted molar refractivity (Wildman–Crippen MR) is 85.9 cm³/mol. The molecular formula is C18H21NO3. The largest absolute Gasteiger partial charge is 0.506 e. The second-order valence-electron chi connectivity index (χ2n) is 6.13. The van der Waals surface area contributed by atoms with E-state index >= 15 is 0 Å². The number of fused-ring (bicyclic) bond motifs is 1. The molecule has 2 N–H and O–H groups in total. The first-order valence-electron chi connectivity index (χ1n) is 7.72. The third kappa shape index (κ3) is 2.66. The van der Waals surface area contributed by atoms with E-state index < -0.39 is 0 Å². The standard InChI is InChI=1S/C18H21NO3/c1-19(11-13-6-4-8-16(13)20)18(22)15-10-9-12-5-2-3-7-14(12)17(15)21/h2-3,5,7,9-10,13,16,20-21H,4,6,8,11H2,1H3. The number of phenols is 1. The summed E-state index contributed by atoms with van der Waals surface area (Å²) in [5, 5.41) is 21.9. The number of hydrogen-bond donors (Lipinski definition) is 2. The lowest BCUT2D eigenvalue weighted by Gasteiger charge is -2.23. The zero-order chi connectivity index (χ0) is 15.7. The van der Waals surface area contributed by atoms with E-state index in [1.165, 1.54) is 0 Å². The van der Waals surface area contributed by atoms with Gasteiger partial charge in [0.1, 0.15) is 5.75 Å². The molecule has 4 heteroatoms. The van der Waals surface area contributed by atoms with Crippen LogP contribution in [0.2, 0.25) is 0 Å². The Labute approximate surface area is 130 Å². The van der Waals surface area contributed by atoms with E-state index in [2.05, 4.69) is 0 Å². The summed E-state index contributed by atoms with van der Waals surface area (Å²) in [6.07, 6.45) is 2.45. The molecule has 2 unspecified atom stereocenters. The minimum Gasteiger partial charge on any atom is -0.506 e. The Kier molecular flexibility index (Phi) is 4.03. The first-order chi connectivity index (χ1) is 10.6. The van der Waals surface area contributed by atoms with Crippen molar-refractivity contribution < 1.29 is 15.0 Å². The van der Waals surface area contributed by atoms with Crippen LogP contribution in [0.4, 0.5) is 0 Å². The molecule has 0 spiro atoms. The van der Waals surface area contributed by atoms with Gasteiger partial charge < -0.3 is 15.1 Å². The Morgan fingerprint density at radius 1 is 1.23 bits per heavy atom. The van der Waals surface area contributed by atoms with E-state index in [1.54, 1.807) is 18.0 Å². The fraction of sp³-hybridized carbons (Fsp3) is 0.389. The van der Waals surface area contributed by atoms with Gasteiger partial charge in [0.15, 0.2) is 0 Å². The summed E-state index contributed by atoms with van der Waals surface area (Å²) in [6.45, 7) is 0.520. The molecule has 0 radical (unpaired) electrons. The smallest absolute Gasteiger partial charge is 0.257 e. The number of aliphatic hydroxyl groups is 1. The monoisotopic (exact) mass is 299 g/mol. The molecule has 1 fully saturated rings. The average Bonchev–Trinajstić information content (AvgIpc) is 2.92. The lowest BCUT2D eigenvalue weighted by atomic mass is 10.0. The molecule has 2 aromatic rings. The van der Waals surface area contributed by atoms with Crippen LogP contribution in [0.3, 0.4) is 0 Å². The van der Waals surface area contributed by atoms with Gasteiger partial charge >= 0.3 is 0 Å². The second-order valence-corrected chi connectivity index (χ2v) is 6.13. The summed E-state index contributed by atoms with van der Waals surface area (Å²) < 4.78 is 0. The minimum atomic E-state index is -0.319. The van der Waals surface area contributed by atoms with Crippen molar-refractivity contribution in [1.82, 2.24) is 4.90 Å². The molecule has 2 atom stereocenters. The molecule has 1 aliphatic carbocycles. The van der Waals surface area contributed by atoms with Crippen molar-refractivity contribution in [1.29, 1.82) is 0 Å². The average molecular weight is 299 g/mol. The van der Waals surface area contributed by atoms with E-state index in [9.17, 15) is 15.0 Å². The molecule has 1 amide bonds. The van der Waals surface area contributed by atoms with Gasteiger partial charge in [-0.25, -0.2) is 0 Å². The number of carbonyl (C=O) groups excluding carboxylic acids is 1. The number of amides is 1. The van der Waals surface area contributed by atoms with Crippen LogP contribution < -0.4 is 0 Å². The predicted octanol–water partition coefficient (Wildman–Crippen LogP) is 2.78. The fourth-order valence-electron chi connectivity index (χ4n) is 3.30. The molecule has 1 saturated carbocycles. The minimum absolute atomic E-state index is 0.0296. The number of benzene rings is 2. The molecule has 2 aromatic carbocycles. The van der Waals surface area contributed by atoms with Gasteiger partial charge in [0.25, 0.3) is 5.91 Å². The normalized spacial score (nSPS) is 21.2. The summed E-state index contributed by atoms with van der Waals surface area (Å²) in [5.74, 6) is -0.0409. The molecule has 0 bridgehead atoms. The van der Waals surface area contributed by atoms with E-state index in [0.29, 0.717) is 17.5 Å². The number of rotatable bonds is 3. The first kappa shape index (κ1) is 14.9. The Hall–Kier alpha value is -2.07. The van der Waals surface area contributed by atoms with Gasteiger partial charge in [-0.1, -0.05) is 36.8 Å². The van der Waals surface area contributed by atoms with Gasteiger partial charge in [-0.2, -0.15) is 0 Å². The fourth-order valence-corrected chi connectivity index (χ4v) is 3.30. The maximum absolute atomic E-state index is 12.6. The van der Waals surface area contributed by atoms with E-state index in [0.717, 1.165) is 24.6 Å². The first-order valence-corrected chi connectivity index (χ1v) is 7.72. The van der Waals surface area contributed by atoms with Crippen molar-refractivity contribution in [3.63, 3.8) is 0 Å². The summed E-state index contributed by atoms with van der Waals surface area (Å²) in [4.78, 5) is 14.2. The number of phenolic OH excluding ortho intramolecular Hbond substituents is 1. The Morgan fingerprint density at radius 3 is 2.73 bits per heavy atom. The highest BCUT2D eigenvalue weighted by Crippen LogP contribution is 2.30. The molecule has 0 heterocycles. The van der Waals surface area contributed by atoms with Crippen molar-refractivity contribution in [2.75, 3.05) is 13.6 Å². The summed E-state index contributed by atoms with van der Waals surface area (Å²) in [6, 6.07) is 11.0. The van der Waals surface area contributed by atoms with Crippen LogP contribution in [0.15, 0.2) is 36.4 Å². The van der Waals surface area contributed by atoms with Crippen LogP contribution in [0.1, 0.15) is 29.6 Å². The van der Waals surface area contributed by atoms with Gasteiger partial charge in [0.2, 0.25) is 0 Å². The molecule has 0 aromatic heterocycles. The maximum atomic E-state index is 12.6. The zero-order valence-electron chi connectivity index (χ0n) is 12.7. The van der Waals surface area contributed by atoms with Crippen LogP contribution in [-0.4, -0.2) is 40.7 Å². The van der Waals surface area contributed by atoms with Crippen molar-refractivity contribution >= 4 is 16.7 Å². The maximum Gasteiger partial charge on any atom is 0.257 e. The molecule has 22 heavy (non-hydrogen) atoms. The second kappa shape index (κ2) is 5.97. The lowest BCUT2D eigenvalue weighted by molar-refractivity contribution is 0.0691. The number of nitrogens with zero attached hydrogens (tertiary/aromatic N) is 1. The van der Waals surface area contributed by atoms with Crippen LogP contribution in [-0.2, 0) is 0 Å². The molecule has 4 nitrogen and oxygen atoms in total. The van der Waals surface area contributed by atoms with Crippen LogP contribution in [0, 0.1) is 5.92 Å². The number of aromatic hydroxyl groups is 1. The summed E-state index contributed by atoms with van der Waals surface area (Å²) >= 11 is 0. The zero-order valence-corrected chi connectivity index (χ0v) is 12.7. The molecule has 116 valence electrons. The summed E-state index contributed by atoms with van der Waals surface area (Å²) in [5.41, 5.74) is 0.314. The van der Waals surface area contributed by atoms with Crippen LogP contribution in [0.5, 0.6) is 5.75 Å². The lowest BCUT2D eigenvalue weighted by Crippen LogP contribution is -2.34. The van der Waals surface area contributed by atoms with E-state index in [-0.39, 0.29) is 23.7 Å². The van der Waals surface area contributed by atoms with Crippen molar-refractivity contribution in [2.45, 2.75) is 25.4 Å². The quantitative estimate of drug-likeness (QED) is 0.916. The number of hydrogen-bond acceptors (Lipinski definition) is 3. The number of carbonyl (C=O) groups is 1. The molecular weight excluding hydrogens is 278 g/mol. The highest BCUT2D eigenvalue weighted by molar-refractivity contribution is 6.03. The van der Waals surface area contributed by atoms with Gasteiger partial charge in [-0.05, 0) is 24.3 Å². The molecule has 1 aliphatic rings. The molecule has 0 saturated heterocycles. The van der Waals surface area contributed by atoms with Crippen LogP contribution in [0.25, 0.3) is 10.8 Å². The third-order valence-corrected chi connectivity index (χ3v) is 4.61. The highest BCUT2D eigenvalue weighted by Gasteiger charge is 2.28. The van der Waals surface area contributed by atoms with Gasteiger partial charge in [-0.15, -0.1) is 0 Å². The Morgan fingerprint density at radius 2 is 2.00 bits per heavy atom. The van der Waals surface area contributed by atoms with E-state index in [4.69, 9.17) is 0 Å². The molecule has 3 rings (SSSR count). The van der Waals surface area contributed by atoms with E-state index in [1.807, 2.05) is 30.3 Å². The Bertz CT molecular complexity index is 698. The molecule has 0 aliphatic heterocycles. The van der Waals surface area contributed by atoms with Crippen molar-refractivity contribution in [2.24, 2.45) is 5.92 Å². The Balaban J connectivity index is 1.83. The summed E-state index contributed by atoms with van der Waals surface area (Å²) in [7, 11) is 1.72. The van der Waals surface area contributed by atoms with Crippen molar-refractivity contribution in [3.05, 3.63) is 42.0 Å². The van der Waals surface area contributed by atoms with Gasteiger partial charge in [-0.3, -0.25) is 4.79 Å². The van der Waals surface area contributed by atoms with Gasteiger partial charge in [0, 0.05) is 24.9 Å². The third-order valence-electron chi connectivity index (χ3n) is 4.61. The highest BCUT2D eigenvalue weighted by atomic mass is 16.3. The topological polar surface area (TPSA) is 60.8 Å².